The zero-order valence-electron chi connectivity index (χ0n) is 23.1. The van der Waals surface area contributed by atoms with Gasteiger partial charge in [0, 0.05) is 27.7 Å². The molecular formula is C27H40ClIO9. The summed E-state index contributed by atoms with van der Waals surface area (Å²) in [6.45, 7) is 10.7. The fraction of sp³-hybridized carbons (Fsp3) is 0.630. The molecule has 11 heteroatoms. The second-order valence-corrected chi connectivity index (χ2v) is 11.2. The van der Waals surface area contributed by atoms with Gasteiger partial charge < -0.3 is 24.1 Å². The van der Waals surface area contributed by atoms with Crippen LogP contribution in [0.2, 0.25) is 0 Å². The van der Waals surface area contributed by atoms with Crippen LogP contribution in [0.15, 0.2) is 24.3 Å². The smallest absolute Gasteiger partial charge is 0.316 e. The zero-order valence-corrected chi connectivity index (χ0v) is 26.0. The van der Waals surface area contributed by atoms with Crippen molar-refractivity contribution in [1.29, 1.82) is 0 Å². The van der Waals surface area contributed by atoms with Crippen LogP contribution < -0.4 is 0 Å². The molecule has 1 aliphatic carbocycles. The summed E-state index contributed by atoms with van der Waals surface area (Å²) >= 11 is 7.24. The summed E-state index contributed by atoms with van der Waals surface area (Å²) in [4.78, 5) is 42.9. The van der Waals surface area contributed by atoms with Gasteiger partial charge >= 0.3 is 23.9 Å². The first-order chi connectivity index (χ1) is 17.6. The minimum Gasteiger partial charge on any atom is -0.452 e. The molecule has 0 radical (unpaired) electrons. The van der Waals surface area contributed by atoms with Crippen LogP contribution in [-0.2, 0) is 44.5 Å². The SMILES string of the molecule is CC(=O)OC(C)Cl.CC(=O)OC(C)I.CC(=O)OC(C)OC(=O)[C@@H](C)c1ccc(C[C@H]2CCC[C@@H]2O)cc1. The summed E-state index contributed by atoms with van der Waals surface area (Å²) in [5, 5.41) is 9.92. The molecule has 3 unspecified atom stereocenters. The Labute approximate surface area is 244 Å². The highest BCUT2D eigenvalue weighted by atomic mass is 127. The molecule has 0 saturated heterocycles. The number of hydrogen-bond acceptors (Lipinski definition) is 9. The van der Waals surface area contributed by atoms with Gasteiger partial charge in [-0.2, -0.15) is 0 Å². The quantitative estimate of drug-likeness (QED) is 0.127. The van der Waals surface area contributed by atoms with Gasteiger partial charge in [-0.05, 0) is 79.7 Å². The van der Waals surface area contributed by atoms with Crippen LogP contribution >= 0.6 is 34.2 Å². The fourth-order valence-corrected chi connectivity index (χ4v) is 4.10. The Hall–Kier alpha value is -1.92. The lowest BCUT2D eigenvalue weighted by Crippen LogP contribution is -2.23. The third-order valence-electron chi connectivity index (χ3n) is 5.22. The first kappa shape index (κ1) is 36.1. The number of halogens is 2. The van der Waals surface area contributed by atoms with Gasteiger partial charge in [-0.1, -0.05) is 42.3 Å². The average molecular weight is 671 g/mol. The van der Waals surface area contributed by atoms with Crippen LogP contribution in [0.25, 0.3) is 0 Å². The third-order valence-corrected chi connectivity index (χ3v) is 5.56. The van der Waals surface area contributed by atoms with Crippen LogP contribution in [-0.4, -0.2) is 51.1 Å². The summed E-state index contributed by atoms with van der Waals surface area (Å²) in [6, 6.07) is 7.83. The Bertz CT molecular complexity index is 854. The van der Waals surface area contributed by atoms with Gasteiger partial charge in [0.1, 0.15) is 4.11 Å². The summed E-state index contributed by atoms with van der Waals surface area (Å²) in [5.74, 6) is -1.58. The van der Waals surface area contributed by atoms with Crippen molar-refractivity contribution in [1.82, 2.24) is 0 Å². The molecule has 216 valence electrons. The maximum absolute atomic E-state index is 12.1. The molecule has 0 amide bonds. The number of carbonyl (C=O) groups is 4. The predicted molar refractivity (Wildman–Crippen MR) is 152 cm³/mol. The van der Waals surface area contributed by atoms with E-state index in [0.717, 1.165) is 31.2 Å². The zero-order chi connectivity index (χ0) is 29.4. The van der Waals surface area contributed by atoms with Crippen molar-refractivity contribution in [3.63, 3.8) is 0 Å². The van der Waals surface area contributed by atoms with Crippen molar-refractivity contribution in [2.24, 2.45) is 5.92 Å². The maximum atomic E-state index is 12.1. The molecular weight excluding hydrogens is 631 g/mol. The van der Waals surface area contributed by atoms with Crippen molar-refractivity contribution in [2.75, 3.05) is 0 Å². The number of carbonyl (C=O) groups excluding carboxylic acids is 4. The number of esters is 4. The van der Waals surface area contributed by atoms with E-state index < -0.39 is 29.7 Å². The summed E-state index contributed by atoms with van der Waals surface area (Å²) in [6.07, 6.45) is 2.84. The molecule has 2 rings (SSSR count). The molecule has 0 spiro atoms. The minimum absolute atomic E-state index is 0.00454. The van der Waals surface area contributed by atoms with E-state index in [1.54, 1.807) is 13.8 Å². The Balaban J connectivity index is 0.000000804. The molecule has 6 atom stereocenters. The van der Waals surface area contributed by atoms with Crippen LogP contribution in [0.5, 0.6) is 0 Å². The highest BCUT2D eigenvalue weighted by Gasteiger charge is 2.25. The lowest BCUT2D eigenvalue weighted by atomic mass is 9.93. The number of benzene rings is 1. The topological polar surface area (TPSA) is 125 Å². The predicted octanol–water partition coefficient (Wildman–Crippen LogP) is 5.41. The Morgan fingerprint density at radius 3 is 1.76 bits per heavy atom. The van der Waals surface area contributed by atoms with Crippen molar-refractivity contribution in [2.45, 2.75) is 102 Å². The minimum atomic E-state index is -0.888. The lowest BCUT2D eigenvalue weighted by Gasteiger charge is -2.17. The number of aliphatic hydroxyl groups is 1. The van der Waals surface area contributed by atoms with Crippen molar-refractivity contribution < 1.29 is 43.2 Å². The van der Waals surface area contributed by atoms with E-state index in [9.17, 15) is 24.3 Å². The van der Waals surface area contributed by atoms with Crippen LogP contribution in [0, 0.1) is 5.92 Å². The van der Waals surface area contributed by atoms with Crippen molar-refractivity contribution in [3.05, 3.63) is 35.4 Å². The largest absolute Gasteiger partial charge is 0.452 e. The number of aliphatic hydroxyl groups excluding tert-OH is 1. The second-order valence-electron chi connectivity index (χ2n) is 8.84. The molecule has 0 heterocycles. The lowest BCUT2D eigenvalue weighted by molar-refractivity contribution is -0.183. The standard InChI is InChI=1S/C19H26O5.C4H7ClO2.C4H7IO2/c1-12(19(22)24-14(3)23-13(2)20)16-9-7-15(8-10-16)11-17-5-4-6-18(17)21;2*1-3(5)7-4(2)6/h7-10,12,14,17-18,21H,4-6,11H2,1-3H3;2*3H,1-2H3/t12-,14?,17+,18-;;/m0../s1. The van der Waals surface area contributed by atoms with E-state index in [1.807, 2.05) is 53.8 Å². The molecule has 1 saturated carbocycles. The van der Waals surface area contributed by atoms with Gasteiger partial charge in [0.05, 0.1) is 12.0 Å². The first-order valence-corrected chi connectivity index (χ1v) is 14.1. The van der Waals surface area contributed by atoms with E-state index in [-0.39, 0.29) is 22.2 Å². The molecule has 1 N–H and O–H groups in total. The highest BCUT2D eigenvalue weighted by molar-refractivity contribution is 14.1. The fourth-order valence-electron chi connectivity index (χ4n) is 3.62. The molecule has 1 aromatic carbocycles. The normalized spacial score (nSPS) is 19.1. The van der Waals surface area contributed by atoms with Gasteiger partial charge in [-0.3, -0.25) is 19.2 Å². The van der Waals surface area contributed by atoms with E-state index >= 15 is 0 Å². The molecule has 9 nitrogen and oxygen atoms in total. The monoisotopic (exact) mass is 670 g/mol. The second kappa shape index (κ2) is 19.2. The Morgan fingerprint density at radius 1 is 0.895 bits per heavy atom. The molecule has 1 aromatic rings. The van der Waals surface area contributed by atoms with E-state index in [0.29, 0.717) is 5.92 Å². The Kier molecular flexibility index (Phi) is 18.2. The van der Waals surface area contributed by atoms with E-state index in [1.165, 1.54) is 33.3 Å². The van der Waals surface area contributed by atoms with Crippen molar-refractivity contribution in [3.8, 4) is 0 Å². The molecule has 0 aliphatic heterocycles. The number of alkyl halides is 2. The maximum Gasteiger partial charge on any atom is 0.316 e. The molecule has 1 fully saturated rings. The van der Waals surface area contributed by atoms with Gasteiger partial charge in [0.2, 0.25) is 6.29 Å². The number of rotatable bonds is 8. The molecule has 0 aromatic heterocycles. The van der Waals surface area contributed by atoms with E-state index in [2.05, 4.69) is 9.47 Å². The molecule has 1 aliphatic rings. The van der Waals surface area contributed by atoms with Crippen LogP contribution in [0.3, 0.4) is 0 Å². The summed E-state index contributed by atoms with van der Waals surface area (Å²) in [5.41, 5.74) is 1.52. The van der Waals surface area contributed by atoms with Gasteiger partial charge in [-0.15, -0.1) is 0 Å². The van der Waals surface area contributed by atoms with Gasteiger partial charge in [-0.25, -0.2) is 0 Å². The summed E-state index contributed by atoms with van der Waals surface area (Å²) in [7, 11) is 0. The van der Waals surface area contributed by atoms with Gasteiger partial charge in [0.25, 0.3) is 0 Å². The Morgan fingerprint density at radius 2 is 1.42 bits per heavy atom. The third kappa shape index (κ3) is 17.6. The highest BCUT2D eigenvalue weighted by Crippen LogP contribution is 2.29. The molecule has 0 bridgehead atoms. The van der Waals surface area contributed by atoms with Crippen LogP contribution in [0.4, 0.5) is 0 Å². The molecule has 38 heavy (non-hydrogen) atoms. The first-order valence-electron chi connectivity index (χ1n) is 12.4. The number of ether oxygens (including phenoxy) is 4. The van der Waals surface area contributed by atoms with E-state index in [4.69, 9.17) is 21.1 Å². The van der Waals surface area contributed by atoms with Crippen molar-refractivity contribution >= 4 is 58.1 Å². The van der Waals surface area contributed by atoms with Crippen LogP contribution in [0.1, 0.15) is 84.8 Å². The average Bonchev–Trinajstić information content (AvgIpc) is 3.16. The number of hydrogen-bond donors (Lipinski definition) is 1. The van der Waals surface area contributed by atoms with Gasteiger partial charge in [0.15, 0.2) is 5.56 Å². The summed E-state index contributed by atoms with van der Waals surface area (Å²) < 4.78 is 18.9.